The van der Waals surface area contributed by atoms with Gasteiger partial charge in [0.25, 0.3) is 0 Å². The Kier molecular flexibility index (Phi) is 3.89. The van der Waals surface area contributed by atoms with Gasteiger partial charge in [-0.05, 0) is 51.0 Å². The van der Waals surface area contributed by atoms with Gasteiger partial charge < -0.3 is 10.6 Å². The molecule has 0 aliphatic heterocycles. The monoisotopic (exact) mass is 333 g/mol. The molecule has 1 fully saturated rings. The highest BCUT2D eigenvalue weighted by atomic mass is 32.1. The SMILES string of the molecule is Cc1nc(NC(=O)C2(C(=O)Nc3ccc(F)cc3)CC2)sc1C. The molecular formula is C16H16FN3O2S. The van der Waals surface area contributed by atoms with E-state index in [0.717, 1.165) is 10.6 Å². The lowest BCUT2D eigenvalue weighted by molar-refractivity contribution is -0.131. The van der Waals surface area contributed by atoms with Crippen molar-refractivity contribution in [1.82, 2.24) is 4.98 Å². The van der Waals surface area contributed by atoms with Gasteiger partial charge in [-0.3, -0.25) is 9.59 Å². The third-order valence-corrected chi connectivity index (χ3v) is 4.96. The van der Waals surface area contributed by atoms with Crippen LogP contribution in [0.5, 0.6) is 0 Å². The number of nitrogens with one attached hydrogen (secondary N) is 2. The number of hydrogen-bond acceptors (Lipinski definition) is 4. The van der Waals surface area contributed by atoms with Crippen molar-refractivity contribution in [2.75, 3.05) is 10.6 Å². The Balaban J connectivity index is 1.69. The molecule has 1 aliphatic carbocycles. The van der Waals surface area contributed by atoms with E-state index in [1.54, 1.807) is 0 Å². The van der Waals surface area contributed by atoms with Crippen molar-refractivity contribution in [2.24, 2.45) is 5.41 Å². The summed E-state index contributed by atoms with van der Waals surface area (Å²) in [4.78, 5) is 30.1. The summed E-state index contributed by atoms with van der Waals surface area (Å²) in [7, 11) is 0. The summed E-state index contributed by atoms with van der Waals surface area (Å²) in [5, 5.41) is 5.91. The minimum Gasteiger partial charge on any atom is -0.325 e. The molecule has 2 N–H and O–H groups in total. The summed E-state index contributed by atoms with van der Waals surface area (Å²) in [6, 6.07) is 5.45. The molecule has 5 nitrogen and oxygen atoms in total. The number of rotatable bonds is 4. The second kappa shape index (κ2) is 5.73. The van der Waals surface area contributed by atoms with Crippen LogP contribution in [0.3, 0.4) is 0 Å². The van der Waals surface area contributed by atoms with Crippen LogP contribution < -0.4 is 10.6 Å². The van der Waals surface area contributed by atoms with Gasteiger partial charge >= 0.3 is 0 Å². The zero-order chi connectivity index (χ0) is 16.6. The predicted molar refractivity (Wildman–Crippen MR) is 86.9 cm³/mol. The molecule has 1 aromatic carbocycles. The van der Waals surface area contributed by atoms with E-state index in [0.29, 0.717) is 23.7 Å². The maximum atomic E-state index is 12.9. The Morgan fingerprint density at radius 2 is 1.74 bits per heavy atom. The van der Waals surface area contributed by atoms with Crippen LogP contribution >= 0.6 is 11.3 Å². The second-order valence-electron chi connectivity index (χ2n) is 5.66. The lowest BCUT2D eigenvalue weighted by atomic mass is 10.1. The van der Waals surface area contributed by atoms with Gasteiger partial charge in [-0.15, -0.1) is 11.3 Å². The van der Waals surface area contributed by atoms with Crippen molar-refractivity contribution in [3.8, 4) is 0 Å². The minimum absolute atomic E-state index is 0.342. The number of carbonyl (C=O) groups is 2. The van der Waals surface area contributed by atoms with E-state index in [-0.39, 0.29) is 17.6 Å². The van der Waals surface area contributed by atoms with Gasteiger partial charge in [0.2, 0.25) is 11.8 Å². The van der Waals surface area contributed by atoms with E-state index in [4.69, 9.17) is 0 Å². The van der Waals surface area contributed by atoms with Crippen molar-refractivity contribution < 1.29 is 14.0 Å². The van der Waals surface area contributed by atoms with Gasteiger partial charge in [-0.25, -0.2) is 9.37 Å². The van der Waals surface area contributed by atoms with E-state index < -0.39 is 5.41 Å². The summed E-state index contributed by atoms with van der Waals surface area (Å²) in [6.45, 7) is 3.80. The molecular weight excluding hydrogens is 317 g/mol. The maximum Gasteiger partial charge on any atom is 0.241 e. The predicted octanol–water partition coefficient (Wildman–Crippen LogP) is 3.26. The number of aromatic nitrogens is 1. The molecule has 7 heteroatoms. The number of aryl methyl sites for hydroxylation is 2. The summed E-state index contributed by atoms with van der Waals surface area (Å²) in [6.07, 6.45) is 0.990. The molecule has 1 heterocycles. The second-order valence-corrected chi connectivity index (χ2v) is 6.86. The van der Waals surface area contributed by atoms with Crippen LogP contribution in [0.1, 0.15) is 23.4 Å². The quantitative estimate of drug-likeness (QED) is 0.844. The fourth-order valence-electron chi connectivity index (χ4n) is 2.21. The molecule has 2 aromatic rings. The number of amides is 2. The first-order valence-corrected chi connectivity index (χ1v) is 8.05. The Labute approximate surface area is 136 Å². The topological polar surface area (TPSA) is 71.1 Å². The van der Waals surface area contributed by atoms with Gasteiger partial charge in [0.05, 0.1) is 5.69 Å². The molecule has 1 aliphatic rings. The summed E-state index contributed by atoms with van der Waals surface area (Å²) in [5.41, 5.74) is 0.282. The largest absolute Gasteiger partial charge is 0.325 e. The fourth-order valence-corrected chi connectivity index (χ4v) is 3.02. The lowest BCUT2D eigenvalue weighted by Crippen LogP contribution is -2.35. The van der Waals surface area contributed by atoms with Crippen molar-refractivity contribution in [2.45, 2.75) is 26.7 Å². The van der Waals surface area contributed by atoms with E-state index >= 15 is 0 Å². The van der Waals surface area contributed by atoms with Gasteiger partial charge in [0, 0.05) is 10.6 Å². The Morgan fingerprint density at radius 1 is 1.13 bits per heavy atom. The zero-order valence-electron chi connectivity index (χ0n) is 12.8. The lowest BCUT2D eigenvalue weighted by Gasteiger charge is -2.14. The molecule has 0 spiro atoms. The molecule has 1 saturated carbocycles. The van der Waals surface area contributed by atoms with Crippen LogP contribution in [-0.4, -0.2) is 16.8 Å². The first kappa shape index (κ1) is 15.6. The van der Waals surface area contributed by atoms with Crippen LogP contribution in [0, 0.1) is 25.1 Å². The van der Waals surface area contributed by atoms with Gasteiger partial charge in [0.15, 0.2) is 5.13 Å². The number of carbonyl (C=O) groups excluding carboxylic acids is 2. The molecule has 0 bridgehead atoms. The van der Waals surface area contributed by atoms with Gasteiger partial charge in [0.1, 0.15) is 11.2 Å². The van der Waals surface area contributed by atoms with E-state index in [1.165, 1.54) is 35.6 Å². The van der Waals surface area contributed by atoms with Crippen molar-refractivity contribution >= 4 is 34.0 Å². The Morgan fingerprint density at radius 3 is 2.26 bits per heavy atom. The Hall–Kier alpha value is -2.28. The number of halogens is 1. The molecule has 0 unspecified atom stereocenters. The van der Waals surface area contributed by atoms with Crippen molar-refractivity contribution in [3.05, 3.63) is 40.7 Å². The standard InChI is InChI=1S/C16H16FN3O2S/c1-9-10(2)23-15(18-9)20-14(22)16(7-8-16)13(21)19-12-5-3-11(17)4-6-12/h3-6H,7-8H2,1-2H3,(H,19,21)(H,18,20,22). The molecule has 0 radical (unpaired) electrons. The molecule has 1 aromatic heterocycles. The van der Waals surface area contributed by atoms with E-state index in [9.17, 15) is 14.0 Å². The fraction of sp³-hybridized carbons (Fsp3) is 0.312. The number of benzene rings is 1. The van der Waals surface area contributed by atoms with Gasteiger partial charge in [-0.2, -0.15) is 0 Å². The van der Waals surface area contributed by atoms with Crippen molar-refractivity contribution in [1.29, 1.82) is 0 Å². The number of anilines is 2. The zero-order valence-corrected chi connectivity index (χ0v) is 13.6. The van der Waals surface area contributed by atoms with Crippen LogP contribution in [0.4, 0.5) is 15.2 Å². The van der Waals surface area contributed by atoms with Gasteiger partial charge in [-0.1, -0.05) is 0 Å². The first-order chi connectivity index (χ1) is 10.9. The van der Waals surface area contributed by atoms with Crippen LogP contribution in [0.15, 0.2) is 24.3 Å². The molecule has 2 amide bonds. The molecule has 0 atom stereocenters. The van der Waals surface area contributed by atoms with Crippen LogP contribution in [0.2, 0.25) is 0 Å². The highest BCUT2D eigenvalue weighted by Gasteiger charge is 2.56. The average molecular weight is 333 g/mol. The first-order valence-electron chi connectivity index (χ1n) is 7.23. The van der Waals surface area contributed by atoms with Crippen molar-refractivity contribution in [3.63, 3.8) is 0 Å². The van der Waals surface area contributed by atoms with E-state index in [1.807, 2.05) is 13.8 Å². The molecule has 0 saturated heterocycles. The van der Waals surface area contributed by atoms with Crippen LogP contribution in [-0.2, 0) is 9.59 Å². The minimum atomic E-state index is -1.05. The average Bonchev–Trinajstić information content (AvgIpc) is 3.25. The van der Waals surface area contributed by atoms with E-state index in [2.05, 4.69) is 15.6 Å². The smallest absolute Gasteiger partial charge is 0.241 e. The molecule has 120 valence electrons. The molecule has 3 rings (SSSR count). The normalized spacial score (nSPS) is 15.1. The number of thiazole rings is 1. The highest BCUT2D eigenvalue weighted by molar-refractivity contribution is 7.15. The maximum absolute atomic E-state index is 12.9. The third kappa shape index (κ3) is 3.10. The molecule has 23 heavy (non-hydrogen) atoms. The third-order valence-electron chi connectivity index (χ3n) is 3.97. The highest BCUT2D eigenvalue weighted by Crippen LogP contribution is 2.47. The Bertz CT molecular complexity index is 747. The number of nitrogens with zero attached hydrogens (tertiary/aromatic N) is 1. The number of hydrogen-bond donors (Lipinski definition) is 2. The summed E-state index contributed by atoms with van der Waals surface area (Å²) < 4.78 is 12.9. The van der Waals surface area contributed by atoms with Crippen LogP contribution in [0.25, 0.3) is 0 Å². The summed E-state index contributed by atoms with van der Waals surface area (Å²) in [5.74, 6) is -1.09. The summed E-state index contributed by atoms with van der Waals surface area (Å²) >= 11 is 1.39.